The second kappa shape index (κ2) is 7.82. The Kier molecular flexibility index (Phi) is 5.20. The number of fused-ring (bicyclic) bond motifs is 3. The Morgan fingerprint density at radius 3 is 2.13 bits per heavy atom. The van der Waals surface area contributed by atoms with Crippen molar-refractivity contribution >= 4 is 18.0 Å². The van der Waals surface area contributed by atoms with Crippen LogP contribution < -0.4 is 10.6 Å². The van der Waals surface area contributed by atoms with Crippen LogP contribution in [0, 0.1) is 0 Å². The predicted octanol–water partition coefficient (Wildman–Crippen LogP) is 3.04. The molecule has 0 saturated heterocycles. The van der Waals surface area contributed by atoms with Gasteiger partial charge >= 0.3 is 12.1 Å². The molecule has 4 rings (SSSR count). The Hall–Kier alpha value is -3.35. The summed E-state index contributed by atoms with van der Waals surface area (Å²) in [6.07, 6.45) is 1.01. The average molecular weight is 408 g/mol. The summed E-state index contributed by atoms with van der Waals surface area (Å²) in [5, 5.41) is 14.1. The molecule has 1 atom stereocenters. The molecular formula is C23H24N2O5. The molecule has 0 unspecified atom stereocenters. The summed E-state index contributed by atoms with van der Waals surface area (Å²) in [5.41, 5.74) is 3.39. The molecule has 2 aliphatic carbocycles. The second-order valence-corrected chi connectivity index (χ2v) is 7.92. The van der Waals surface area contributed by atoms with E-state index in [2.05, 4.69) is 22.8 Å². The maximum atomic E-state index is 12.5. The van der Waals surface area contributed by atoms with Crippen LogP contribution in [-0.4, -0.2) is 41.3 Å². The minimum Gasteiger partial charge on any atom is -0.480 e. The van der Waals surface area contributed by atoms with Gasteiger partial charge in [-0.05, 0) is 48.4 Å². The fourth-order valence-electron chi connectivity index (χ4n) is 4.17. The first-order valence-electron chi connectivity index (χ1n) is 10.1. The monoisotopic (exact) mass is 408 g/mol. The lowest BCUT2D eigenvalue weighted by molar-refractivity contribution is -0.143. The molecule has 1 fully saturated rings. The van der Waals surface area contributed by atoms with Gasteiger partial charge in [0.1, 0.15) is 18.2 Å². The zero-order valence-corrected chi connectivity index (χ0v) is 16.7. The first-order valence-corrected chi connectivity index (χ1v) is 10.1. The number of benzene rings is 2. The Morgan fingerprint density at radius 2 is 1.63 bits per heavy atom. The maximum Gasteiger partial charge on any atom is 0.408 e. The molecule has 1 saturated carbocycles. The van der Waals surface area contributed by atoms with Crippen LogP contribution >= 0.6 is 0 Å². The van der Waals surface area contributed by atoms with Crippen LogP contribution in [0.2, 0.25) is 0 Å². The number of carbonyl (C=O) groups excluding carboxylic acids is 2. The van der Waals surface area contributed by atoms with Crippen LogP contribution in [0.15, 0.2) is 48.5 Å². The highest BCUT2D eigenvalue weighted by Crippen LogP contribution is 2.44. The first-order chi connectivity index (χ1) is 14.4. The van der Waals surface area contributed by atoms with Crippen LogP contribution in [0.4, 0.5) is 4.79 Å². The Balaban J connectivity index is 1.43. The van der Waals surface area contributed by atoms with Gasteiger partial charge in [0.05, 0.1) is 0 Å². The topological polar surface area (TPSA) is 105 Å². The van der Waals surface area contributed by atoms with E-state index in [-0.39, 0.29) is 12.5 Å². The lowest BCUT2D eigenvalue weighted by Gasteiger charge is -2.40. The van der Waals surface area contributed by atoms with E-state index in [0.29, 0.717) is 12.8 Å². The largest absolute Gasteiger partial charge is 0.480 e. The van der Waals surface area contributed by atoms with Crippen molar-refractivity contribution in [3.63, 3.8) is 0 Å². The number of rotatable bonds is 6. The molecule has 30 heavy (non-hydrogen) atoms. The number of carbonyl (C=O) groups is 3. The SMILES string of the molecule is C[C@H](NC(=O)C1(NC(=O)OCC2c3ccccc3-c3ccccc32)CCC1)C(=O)O. The normalized spacial score (nSPS) is 17.1. The van der Waals surface area contributed by atoms with Gasteiger partial charge < -0.3 is 20.5 Å². The summed E-state index contributed by atoms with van der Waals surface area (Å²) in [6, 6.07) is 15.1. The summed E-state index contributed by atoms with van der Waals surface area (Å²) in [7, 11) is 0. The number of nitrogens with one attached hydrogen (secondary N) is 2. The number of alkyl carbamates (subject to hydrolysis) is 1. The lowest BCUT2D eigenvalue weighted by atomic mass is 9.76. The third kappa shape index (κ3) is 3.51. The second-order valence-electron chi connectivity index (χ2n) is 7.92. The highest BCUT2D eigenvalue weighted by atomic mass is 16.5. The highest BCUT2D eigenvalue weighted by molar-refractivity contribution is 5.93. The molecule has 0 radical (unpaired) electrons. The Labute approximate surface area is 174 Å². The molecule has 0 bridgehead atoms. The molecule has 2 aliphatic rings. The van der Waals surface area contributed by atoms with Gasteiger partial charge in [0.25, 0.3) is 0 Å². The quantitative estimate of drug-likeness (QED) is 0.681. The van der Waals surface area contributed by atoms with Crippen molar-refractivity contribution in [3.05, 3.63) is 59.7 Å². The number of hydrogen-bond acceptors (Lipinski definition) is 4. The van der Waals surface area contributed by atoms with Gasteiger partial charge in [-0.15, -0.1) is 0 Å². The van der Waals surface area contributed by atoms with Gasteiger partial charge in [-0.25, -0.2) is 4.79 Å². The minimum absolute atomic E-state index is 0.0682. The molecule has 7 nitrogen and oxygen atoms in total. The predicted molar refractivity (Wildman–Crippen MR) is 110 cm³/mol. The van der Waals surface area contributed by atoms with Crippen molar-refractivity contribution in [1.82, 2.24) is 10.6 Å². The molecule has 2 aromatic rings. The molecule has 3 N–H and O–H groups in total. The molecule has 2 amide bonds. The molecule has 2 aromatic carbocycles. The highest BCUT2D eigenvalue weighted by Gasteiger charge is 2.46. The average Bonchev–Trinajstić information content (AvgIpc) is 3.03. The molecule has 0 heterocycles. The molecule has 156 valence electrons. The van der Waals surface area contributed by atoms with E-state index >= 15 is 0 Å². The van der Waals surface area contributed by atoms with Crippen LogP contribution in [0.1, 0.15) is 43.2 Å². The number of hydrogen-bond donors (Lipinski definition) is 3. The van der Waals surface area contributed by atoms with Crippen molar-refractivity contribution in [2.45, 2.75) is 43.7 Å². The number of aliphatic carboxylic acids is 1. The van der Waals surface area contributed by atoms with Crippen molar-refractivity contribution < 1.29 is 24.2 Å². The van der Waals surface area contributed by atoms with Crippen LogP contribution in [0.3, 0.4) is 0 Å². The first kappa shape index (κ1) is 19.9. The fraction of sp³-hybridized carbons (Fsp3) is 0.348. The van der Waals surface area contributed by atoms with Gasteiger partial charge in [0.2, 0.25) is 5.91 Å². The molecule has 0 aliphatic heterocycles. The maximum absolute atomic E-state index is 12.5. The summed E-state index contributed by atoms with van der Waals surface area (Å²) in [5.74, 6) is -1.68. The standard InChI is InChI=1S/C23H24N2O5/c1-14(20(26)27)24-21(28)23(11-6-12-23)25-22(29)30-13-19-17-9-4-2-7-15(17)16-8-3-5-10-18(16)19/h2-5,7-10,14,19H,6,11-13H2,1H3,(H,24,28)(H,25,29)(H,26,27)/t14-/m0/s1. The van der Waals surface area contributed by atoms with Crippen LogP contribution in [-0.2, 0) is 14.3 Å². The Morgan fingerprint density at radius 1 is 1.07 bits per heavy atom. The van der Waals surface area contributed by atoms with E-state index in [0.717, 1.165) is 28.7 Å². The number of carboxylic acids is 1. The summed E-state index contributed by atoms with van der Waals surface area (Å²) in [6.45, 7) is 1.54. The van der Waals surface area contributed by atoms with Crippen LogP contribution in [0.25, 0.3) is 11.1 Å². The van der Waals surface area contributed by atoms with E-state index in [1.807, 2.05) is 36.4 Å². The van der Waals surface area contributed by atoms with Gasteiger partial charge in [0, 0.05) is 5.92 Å². The zero-order chi connectivity index (χ0) is 21.3. The van der Waals surface area contributed by atoms with Crippen molar-refractivity contribution in [2.24, 2.45) is 0 Å². The van der Waals surface area contributed by atoms with E-state index in [9.17, 15) is 14.4 Å². The third-order valence-corrected chi connectivity index (χ3v) is 6.04. The molecule has 7 heteroatoms. The molecule has 0 spiro atoms. The summed E-state index contributed by atoms with van der Waals surface area (Å²) < 4.78 is 5.53. The van der Waals surface area contributed by atoms with E-state index in [1.54, 1.807) is 0 Å². The van der Waals surface area contributed by atoms with Crippen molar-refractivity contribution in [3.8, 4) is 11.1 Å². The number of ether oxygens (including phenoxy) is 1. The van der Waals surface area contributed by atoms with Gasteiger partial charge in [0.15, 0.2) is 0 Å². The van der Waals surface area contributed by atoms with Gasteiger partial charge in [-0.2, -0.15) is 0 Å². The molecular weight excluding hydrogens is 384 g/mol. The van der Waals surface area contributed by atoms with E-state index in [4.69, 9.17) is 9.84 Å². The zero-order valence-electron chi connectivity index (χ0n) is 16.7. The summed E-state index contributed by atoms with van der Waals surface area (Å²) in [4.78, 5) is 36.1. The summed E-state index contributed by atoms with van der Waals surface area (Å²) >= 11 is 0. The van der Waals surface area contributed by atoms with Crippen molar-refractivity contribution in [1.29, 1.82) is 0 Å². The van der Waals surface area contributed by atoms with E-state index < -0.39 is 29.6 Å². The fourth-order valence-corrected chi connectivity index (χ4v) is 4.17. The lowest BCUT2D eigenvalue weighted by Crippen LogP contribution is -2.64. The van der Waals surface area contributed by atoms with Gasteiger partial charge in [-0.1, -0.05) is 48.5 Å². The van der Waals surface area contributed by atoms with E-state index in [1.165, 1.54) is 6.92 Å². The number of amides is 2. The van der Waals surface area contributed by atoms with Crippen molar-refractivity contribution in [2.75, 3.05) is 6.61 Å². The minimum atomic E-state index is -1.13. The third-order valence-electron chi connectivity index (χ3n) is 6.04. The molecule has 0 aromatic heterocycles. The smallest absolute Gasteiger partial charge is 0.408 e. The van der Waals surface area contributed by atoms with Crippen LogP contribution in [0.5, 0.6) is 0 Å². The Bertz CT molecular complexity index is 953. The number of carboxylic acid groups (broad SMARTS) is 1. The van der Waals surface area contributed by atoms with Gasteiger partial charge in [-0.3, -0.25) is 9.59 Å².